The zero-order chi connectivity index (χ0) is 19.5. The Labute approximate surface area is 159 Å². The number of nitrogens with one attached hydrogen (secondary N) is 2. The molecule has 2 N–H and O–H groups in total. The molecule has 0 atom stereocenters. The van der Waals surface area contributed by atoms with Crippen LogP contribution >= 0.6 is 0 Å². The van der Waals surface area contributed by atoms with Gasteiger partial charge in [-0.25, -0.2) is 0 Å². The Balaban J connectivity index is 1.40. The zero-order valence-corrected chi connectivity index (χ0v) is 15.1. The lowest BCUT2D eigenvalue weighted by molar-refractivity contribution is -0.0498. The molecule has 0 fully saturated rings. The highest BCUT2D eigenvalue weighted by atomic mass is 19.3. The van der Waals surface area contributed by atoms with Crippen molar-refractivity contribution in [1.29, 1.82) is 0 Å². The number of aromatic amines is 1. The Bertz CT molecular complexity index is 1070. The predicted octanol–water partition coefficient (Wildman–Crippen LogP) is 3.82. The highest BCUT2D eigenvalue weighted by Gasteiger charge is 2.10. The third-order valence-corrected chi connectivity index (χ3v) is 4.44. The minimum Gasteiger partial charge on any atom is -0.435 e. The van der Waals surface area contributed by atoms with Gasteiger partial charge < -0.3 is 14.6 Å². The molecular formula is C19H18F2N6O. The molecule has 144 valence electrons. The normalized spacial score (nSPS) is 11.3. The molecule has 0 bridgehead atoms. The lowest BCUT2D eigenvalue weighted by Crippen LogP contribution is -2.04. The fourth-order valence-electron chi connectivity index (χ4n) is 2.94. The summed E-state index contributed by atoms with van der Waals surface area (Å²) in [5.41, 5.74) is 2.91. The van der Waals surface area contributed by atoms with Crippen molar-refractivity contribution in [3.63, 3.8) is 0 Å². The van der Waals surface area contributed by atoms with Gasteiger partial charge in [-0.05, 0) is 48.4 Å². The SMILES string of the molecule is Cn1c(CCc2ccc3[nH]ncc3c2)nnc1Nc1ccc(OC(F)F)cc1. The Hall–Kier alpha value is -3.49. The summed E-state index contributed by atoms with van der Waals surface area (Å²) in [4.78, 5) is 0. The number of anilines is 2. The highest BCUT2D eigenvalue weighted by molar-refractivity contribution is 5.78. The summed E-state index contributed by atoms with van der Waals surface area (Å²) in [5, 5.41) is 19.6. The van der Waals surface area contributed by atoms with Gasteiger partial charge in [-0.3, -0.25) is 5.10 Å². The molecular weight excluding hydrogens is 366 g/mol. The van der Waals surface area contributed by atoms with E-state index in [1.54, 1.807) is 18.3 Å². The molecule has 2 heterocycles. The summed E-state index contributed by atoms with van der Waals surface area (Å²) in [6.07, 6.45) is 3.36. The van der Waals surface area contributed by atoms with E-state index in [1.807, 2.05) is 17.7 Å². The third-order valence-electron chi connectivity index (χ3n) is 4.44. The first-order valence-electron chi connectivity index (χ1n) is 8.70. The standard InChI is InChI=1S/C19H18F2N6O/c1-27-17(9-3-12-2-8-16-13(10-12)11-22-24-16)25-26-19(27)23-14-4-6-15(7-5-14)28-18(20)21/h2,4-8,10-11,18H,3,9H2,1H3,(H,22,24)(H,23,26). The van der Waals surface area contributed by atoms with Gasteiger partial charge in [0, 0.05) is 24.5 Å². The van der Waals surface area contributed by atoms with Gasteiger partial charge in [-0.15, -0.1) is 10.2 Å². The van der Waals surface area contributed by atoms with Crippen molar-refractivity contribution in [1.82, 2.24) is 25.0 Å². The van der Waals surface area contributed by atoms with Crippen molar-refractivity contribution in [2.45, 2.75) is 19.5 Å². The summed E-state index contributed by atoms with van der Waals surface area (Å²) < 4.78 is 30.6. The van der Waals surface area contributed by atoms with E-state index < -0.39 is 6.61 Å². The lowest BCUT2D eigenvalue weighted by atomic mass is 10.1. The van der Waals surface area contributed by atoms with E-state index in [0.717, 1.165) is 29.6 Å². The molecule has 0 saturated carbocycles. The van der Waals surface area contributed by atoms with E-state index in [9.17, 15) is 8.78 Å². The van der Waals surface area contributed by atoms with Crippen molar-refractivity contribution in [3.05, 3.63) is 60.0 Å². The second kappa shape index (κ2) is 7.63. The molecule has 4 aromatic rings. The fraction of sp³-hybridized carbons (Fsp3) is 0.211. The van der Waals surface area contributed by atoms with Crippen molar-refractivity contribution in [2.24, 2.45) is 7.05 Å². The fourth-order valence-corrected chi connectivity index (χ4v) is 2.94. The van der Waals surface area contributed by atoms with Crippen molar-refractivity contribution in [3.8, 4) is 5.75 Å². The maximum atomic E-state index is 12.2. The molecule has 0 aliphatic heterocycles. The van der Waals surface area contributed by atoms with Gasteiger partial charge in [0.1, 0.15) is 11.6 Å². The number of halogens is 2. The topological polar surface area (TPSA) is 80.7 Å². The van der Waals surface area contributed by atoms with Crippen molar-refractivity contribution in [2.75, 3.05) is 5.32 Å². The van der Waals surface area contributed by atoms with Gasteiger partial charge >= 0.3 is 6.61 Å². The quantitative estimate of drug-likeness (QED) is 0.506. The van der Waals surface area contributed by atoms with Gasteiger partial charge in [-0.1, -0.05) is 6.07 Å². The summed E-state index contributed by atoms with van der Waals surface area (Å²) in [6.45, 7) is -2.84. The molecule has 9 heteroatoms. The summed E-state index contributed by atoms with van der Waals surface area (Å²) in [7, 11) is 1.88. The second-order valence-electron chi connectivity index (χ2n) is 6.32. The van der Waals surface area contributed by atoms with Crippen LogP contribution in [0.5, 0.6) is 5.75 Å². The average Bonchev–Trinajstić information content (AvgIpc) is 3.28. The van der Waals surface area contributed by atoms with Crippen LogP contribution < -0.4 is 10.1 Å². The molecule has 0 saturated heterocycles. The van der Waals surface area contributed by atoms with Gasteiger partial charge in [0.2, 0.25) is 5.95 Å². The number of benzene rings is 2. The monoisotopic (exact) mass is 384 g/mol. The van der Waals surface area contributed by atoms with Crippen LogP contribution in [0.4, 0.5) is 20.4 Å². The Morgan fingerprint density at radius 3 is 2.71 bits per heavy atom. The lowest BCUT2D eigenvalue weighted by Gasteiger charge is -2.08. The Morgan fingerprint density at radius 2 is 1.93 bits per heavy atom. The number of H-pyrrole nitrogens is 1. The first-order chi connectivity index (χ1) is 13.6. The first-order valence-corrected chi connectivity index (χ1v) is 8.70. The molecule has 2 aromatic heterocycles. The van der Waals surface area contributed by atoms with Crippen LogP contribution in [0, 0.1) is 0 Å². The molecule has 2 aromatic carbocycles. The highest BCUT2D eigenvalue weighted by Crippen LogP contribution is 2.21. The number of hydrogen-bond acceptors (Lipinski definition) is 5. The molecule has 0 unspecified atom stereocenters. The van der Waals surface area contributed by atoms with E-state index in [4.69, 9.17) is 0 Å². The van der Waals surface area contributed by atoms with Crippen LogP contribution in [-0.2, 0) is 19.9 Å². The van der Waals surface area contributed by atoms with Gasteiger partial charge in [0.05, 0.1) is 11.7 Å². The van der Waals surface area contributed by atoms with E-state index in [1.165, 1.54) is 17.7 Å². The van der Waals surface area contributed by atoms with Crippen LogP contribution in [0.15, 0.2) is 48.7 Å². The minimum absolute atomic E-state index is 0.105. The van der Waals surface area contributed by atoms with Crippen LogP contribution in [-0.4, -0.2) is 31.6 Å². The molecule has 0 spiro atoms. The van der Waals surface area contributed by atoms with E-state index in [-0.39, 0.29) is 5.75 Å². The number of aryl methyl sites for hydroxylation is 2. The zero-order valence-electron chi connectivity index (χ0n) is 15.1. The molecule has 28 heavy (non-hydrogen) atoms. The molecule has 0 radical (unpaired) electrons. The summed E-state index contributed by atoms with van der Waals surface area (Å²) >= 11 is 0. The van der Waals surface area contributed by atoms with Crippen LogP contribution in [0.25, 0.3) is 10.9 Å². The number of rotatable bonds is 7. The Kier molecular flexibility index (Phi) is 4.88. The van der Waals surface area contributed by atoms with Crippen LogP contribution in [0.1, 0.15) is 11.4 Å². The van der Waals surface area contributed by atoms with Gasteiger partial charge in [0.15, 0.2) is 0 Å². The molecule has 0 aliphatic carbocycles. The van der Waals surface area contributed by atoms with Crippen LogP contribution in [0.3, 0.4) is 0 Å². The second-order valence-corrected chi connectivity index (χ2v) is 6.32. The largest absolute Gasteiger partial charge is 0.435 e. The number of fused-ring (bicyclic) bond motifs is 1. The average molecular weight is 384 g/mol. The van der Waals surface area contributed by atoms with E-state index in [0.29, 0.717) is 11.6 Å². The number of nitrogens with zero attached hydrogens (tertiary/aromatic N) is 4. The first kappa shape index (κ1) is 17.9. The van der Waals surface area contributed by atoms with Gasteiger partial charge in [-0.2, -0.15) is 13.9 Å². The maximum absolute atomic E-state index is 12.2. The Morgan fingerprint density at radius 1 is 1.11 bits per heavy atom. The molecule has 0 amide bonds. The van der Waals surface area contributed by atoms with Crippen LogP contribution in [0.2, 0.25) is 0 Å². The molecule has 4 rings (SSSR count). The molecule has 0 aliphatic rings. The molecule has 7 nitrogen and oxygen atoms in total. The maximum Gasteiger partial charge on any atom is 0.387 e. The van der Waals surface area contributed by atoms with E-state index >= 15 is 0 Å². The number of ether oxygens (including phenoxy) is 1. The predicted molar refractivity (Wildman–Crippen MR) is 101 cm³/mol. The summed E-state index contributed by atoms with van der Waals surface area (Å²) in [6, 6.07) is 12.4. The van der Waals surface area contributed by atoms with Crippen molar-refractivity contribution >= 4 is 22.5 Å². The number of hydrogen-bond donors (Lipinski definition) is 2. The number of alkyl halides is 2. The number of aromatic nitrogens is 5. The smallest absolute Gasteiger partial charge is 0.387 e. The summed E-state index contributed by atoms with van der Waals surface area (Å²) in [5.74, 6) is 1.52. The van der Waals surface area contributed by atoms with E-state index in [2.05, 4.69) is 42.6 Å². The van der Waals surface area contributed by atoms with Crippen molar-refractivity contribution < 1.29 is 13.5 Å². The van der Waals surface area contributed by atoms with Gasteiger partial charge in [0.25, 0.3) is 0 Å². The minimum atomic E-state index is -2.84. The third kappa shape index (κ3) is 3.93.